The molecule has 1 atom stereocenters. The Kier molecular flexibility index (Phi) is 6.74. The Balaban J connectivity index is 1.62. The average molecular weight is 528 g/mol. The van der Waals surface area contributed by atoms with Crippen LogP contribution in [0.2, 0.25) is 0 Å². The zero-order valence-electron chi connectivity index (χ0n) is 18.0. The summed E-state index contributed by atoms with van der Waals surface area (Å²) in [4.78, 5) is 26.5. The van der Waals surface area contributed by atoms with E-state index in [9.17, 15) is 40.3 Å². The van der Waals surface area contributed by atoms with Crippen molar-refractivity contribution in [3.8, 4) is 0 Å². The molecule has 0 radical (unpaired) electrons. The molecule has 1 N–H and O–H groups in total. The minimum atomic E-state index is -5.09. The summed E-state index contributed by atoms with van der Waals surface area (Å²) in [6, 6.07) is 11.9. The van der Waals surface area contributed by atoms with Crippen LogP contribution in [0.25, 0.3) is 0 Å². The molecule has 1 heterocycles. The Morgan fingerprint density at radius 2 is 1.50 bits per heavy atom. The third-order valence-electron chi connectivity index (χ3n) is 5.25. The van der Waals surface area contributed by atoms with E-state index in [0.29, 0.717) is 23.4 Å². The van der Waals surface area contributed by atoms with Gasteiger partial charge in [0.1, 0.15) is 11.2 Å². The van der Waals surface area contributed by atoms with Crippen LogP contribution in [0.15, 0.2) is 66.7 Å². The fourth-order valence-corrected chi connectivity index (χ4v) is 4.78. The van der Waals surface area contributed by atoms with Gasteiger partial charge in [0.15, 0.2) is 0 Å². The highest BCUT2D eigenvalue weighted by Crippen LogP contribution is 2.42. The Bertz CT molecular complexity index is 1270. The molecule has 1 unspecified atom stereocenters. The summed E-state index contributed by atoms with van der Waals surface area (Å²) in [7, 11) is 0. The molecule has 188 valence electrons. The summed E-state index contributed by atoms with van der Waals surface area (Å²) in [6.07, 6.45) is -10.2. The first-order valence-electron chi connectivity index (χ1n) is 10.2. The Morgan fingerprint density at radius 3 is 2.08 bits per heavy atom. The normalized spacial score (nSPS) is 16.4. The fraction of sp³-hybridized carbons (Fsp3) is 0.167. The number of nitrogens with zero attached hydrogens (tertiary/aromatic N) is 1. The molecule has 36 heavy (non-hydrogen) atoms. The van der Waals surface area contributed by atoms with Crippen LogP contribution < -0.4 is 10.2 Å². The molecule has 0 aromatic heterocycles. The van der Waals surface area contributed by atoms with E-state index in [0.717, 1.165) is 0 Å². The van der Waals surface area contributed by atoms with Crippen molar-refractivity contribution in [2.75, 3.05) is 16.0 Å². The lowest BCUT2D eigenvalue weighted by molar-refractivity contribution is -0.143. The molecule has 4 rings (SSSR count). The maximum Gasteiger partial charge on any atom is 0.416 e. The second-order valence-electron chi connectivity index (χ2n) is 7.78. The molecule has 2 amide bonds. The molecule has 1 aliphatic rings. The number of hydrogen-bond acceptors (Lipinski definition) is 3. The van der Waals surface area contributed by atoms with Crippen LogP contribution in [0.1, 0.15) is 32.4 Å². The second-order valence-corrected chi connectivity index (χ2v) is 8.85. The Morgan fingerprint density at radius 1 is 0.889 bits per heavy atom. The van der Waals surface area contributed by atoms with Gasteiger partial charge in [0.05, 0.1) is 16.9 Å². The van der Waals surface area contributed by atoms with Gasteiger partial charge in [0.2, 0.25) is 5.91 Å². The average Bonchev–Trinajstić information content (AvgIpc) is 3.19. The molecule has 0 aliphatic carbocycles. The van der Waals surface area contributed by atoms with Crippen LogP contribution in [0.5, 0.6) is 0 Å². The third kappa shape index (κ3) is 5.48. The summed E-state index contributed by atoms with van der Waals surface area (Å²) < 4.78 is 92.1. The number of benzene rings is 3. The number of halogens is 7. The third-order valence-corrected chi connectivity index (χ3v) is 6.46. The summed E-state index contributed by atoms with van der Waals surface area (Å²) in [5.41, 5.74) is -2.95. The maximum absolute atomic E-state index is 13.3. The summed E-state index contributed by atoms with van der Waals surface area (Å²) in [6.45, 7) is 0. The molecule has 0 bridgehead atoms. The number of hydrogen-bond donors (Lipinski definition) is 1. The van der Waals surface area contributed by atoms with Crippen LogP contribution in [0, 0.1) is 5.82 Å². The SMILES string of the molecule is O=C(Nc1cccc(C2SCC(=O)N2c2ccc(F)cc2)c1)c1cc(C(F)(F)F)cc(C(F)(F)F)c1. The molecular formula is C24H15F7N2O2S. The fourth-order valence-electron chi connectivity index (χ4n) is 3.61. The Hall–Kier alpha value is -3.54. The number of alkyl halides is 6. The molecular weight excluding hydrogens is 513 g/mol. The Labute approximate surface area is 204 Å². The first kappa shape index (κ1) is 25.5. The molecule has 4 nitrogen and oxygen atoms in total. The van der Waals surface area contributed by atoms with Crippen molar-refractivity contribution < 1.29 is 40.3 Å². The number of nitrogens with one attached hydrogen (secondary N) is 1. The second kappa shape index (κ2) is 9.49. The van der Waals surface area contributed by atoms with Crippen LogP contribution in [0.3, 0.4) is 0 Å². The number of anilines is 2. The van der Waals surface area contributed by atoms with E-state index in [-0.39, 0.29) is 23.4 Å². The van der Waals surface area contributed by atoms with Gasteiger partial charge < -0.3 is 5.32 Å². The van der Waals surface area contributed by atoms with Crippen LogP contribution in [-0.4, -0.2) is 17.6 Å². The van der Waals surface area contributed by atoms with Crippen molar-refractivity contribution >= 4 is 35.0 Å². The molecule has 0 spiro atoms. The highest BCUT2D eigenvalue weighted by atomic mass is 32.2. The number of thioether (sulfide) groups is 1. The molecule has 3 aromatic rings. The largest absolute Gasteiger partial charge is 0.416 e. The van der Waals surface area contributed by atoms with Crippen molar-refractivity contribution in [1.29, 1.82) is 0 Å². The molecule has 3 aromatic carbocycles. The summed E-state index contributed by atoms with van der Waals surface area (Å²) in [5.74, 6) is -1.77. The molecule has 12 heteroatoms. The molecule has 0 saturated carbocycles. The van der Waals surface area contributed by atoms with Gasteiger partial charge in [0, 0.05) is 16.9 Å². The number of carbonyl (C=O) groups excluding carboxylic acids is 2. The van der Waals surface area contributed by atoms with Crippen molar-refractivity contribution in [2.45, 2.75) is 17.7 Å². The van der Waals surface area contributed by atoms with Gasteiger partial charge in [-0.15, -0.1) is 11.8 Å². The van der Waals surface area contributed by atoms with Crippen molar-refractivity contribution in [2.24, 2.45) is 0 Å². The van der Waals surface area contributed by atoms with Gasteiger partial charge in [-0.05, 0) is 60.2 Å². The van der Waals surface area contributed by atoms with E-state index < -0.39 is 46.1 Å². The lowest BCUT2D eigenvalue weighted by Crippen LogP contribution is -2.27. The van der Waals surface area contributed by atoms with Crippen molar-refractivity contribution in [1.82, 2.24) is 0 Å². The van der Waals surface area contributed by atoms with E-state index in [4.69, 9.17) is 0 Å². The van der Waals surface area contributed by atoms with E-state index in [1.807, 2.05) is 0 Å². The highest BCUT2D eigenvalue weighted by Gasteiger charge is 2.38. The maximum atomic E-state index is 13.3. The van der Waals surface area contributed by atoms with Crippen molar-refractivity contribution in [3.05, 3.63) is 94.8 Å². The standard InChI is InChI=1S/C24H15F7N2O2S/c25-17-4-6-19(7-5-17)33-20(34)12-36-22(33)13-2-1-3-18(10-13)32-21(35)14-8-15(23(26,27)28)11-16(9-14)24(29,30)31/h1-11,22H,12H2,(H,32,35). The lowest BCUT2D eigenvalue weighted by Gasteiger charge is -2.24. The van der Waals surface area contributed by atoms with E-state index >= 15 is 0 Å². The van der Waals surface area contributed by atoms with Gasteiger partial charge in [0.25, 0.3) is 5.91 Å². The smallest absolute Gasteiger partial charge is 0.322 e. The number of rotatable bonds is 4. The summed E-state index contributed by atoms with van der Waals surface area (Å²) in [5, 5.41) is 1.77. The lowest BCUT2D eigenvalue weighted by atomic mass is 10.0. The van der Waals surface area contributed by atoms with E-state index in [1.165, 1.54) is 59.1 Å². The summed E-state index contributed by atoms with van der Waals surface area (Å²) >= 11 is 1.26. The zero-order chi connectivity index (χ0) is 26.3. The quantitative estimate of drug-likeness (QED) is 0.375. The topological polar surface area (TPSA) is 49.4 Å². The highest BCUT2D eigenvalue weighted by molar-refractivity contribution is 8.00. The van der Waals surface area contributed by atoms with E-state index in [1.54, 1.807) is 6.07 Å². The van der Waals surface area contributed by atoms with Crippen LogP contribution in [-0.2, 0) is 17.1 Å². The van der Waals surface area contributed by atoms with Gasteiger partial charge in [-0.2, -0.15) is 26.3 Å². The van der Waals surface area contributed by atoms with Crippen LogP contribution >= 0.6 is 11.8 Å². The minimum Gasteiger partial charge on any atom is -0.322 e. The first-order chi connectivity index (χ1) is 16.8. The van der Waals surface area contributed by atoms with Gasteiger partial charge in [-0.1, -0.05) is 12.1 Å². The van der Waals surface area contributed by atoms with E-state index in [2.05, 4.69) is 5.32 Å². The molecule has 1 aliphatic heterocycles. The first-order valence-corrected chi connectivity index (χ1v) is 11.3. The van der Waals surface area contributed by atoms with Gasteiger partial charge >= 0.3 is 12.4 Å². The minimum absolute atomic E-state index is 0.0598. The number of carbonyl (C=O) groups is 2. The zero-order valence-corrected chi connectivity index (χ0v) is 18.8. The van der Waals surface area contributed by atoms with Crippen molar-refractivity contribution in [3.63, 3.8) is 0 Å². The molecule has 1 fully saturated rings. The predicted octanol–water partition coefficient (Wildman–Crippen LogP) is 6.89. The van der Waals surface area contributed by atoms with Gasteiger partial charge in [-0.3, -0.25) is 14.5 Å². The predicted molar refractivity (Wildman–Crippen MR) is 120 cm³/mol. The van der Waals surface area contributed by atoms with Crippen LogP contribution in [0.4, 0.5) is 42.1 Å². The molecule has 1 saturated heterocycles. The van der Waals surface area contributed by atoms with Gasteiger partial charge in [-0.25, -0.2) is 4.39 Å². The monoisotopic (exact) mass is 528 g/mol. The number of amides is 2.